The maximum Gasteiger partial charge on any atom is 0.259 e. The largest absolute Gasteiger partial charge is 0.291 e. The van der Waals surface area contributed by atoms with Gasteiger partial charge in [-0.05, 0) is 55.7 Å². The summed E-state index contributed by atoms with van der Waals surface area (Å²) in [7, 11) is 0. The van der Waals surface area contributed by atoms with E-state index in [9.17, 15) is 14.0 Å². The first-order chi connectivity index (χ1) is 12.5. The molecule has 1 aromatic carbocycles. The molecule has 2 saturated carbocycles. The number of amides is 2. The minimum atomic E-state index is -0.784. The number of nitrogens with one attached hydrogen (secondary N) is 1. The fourth-order valence-corrected chi connectivity index (χ4v) is 4.62. The van der Waals surface area contributed by atoms with Crippen LogP contribution < -0.4 is 5.32 Å². The van der Waals surface area contributed by atoms with Crippen molar-refractivity contribution in [1.29, 1.82) is 0 Å². The van der Waals surface area contributed by atoms with Crippen LogP contribution in [0.2, 0.25) is 5.02 Å². The second-order valence-electron chi connectivity index (χ2n) is 7.40. The number of halogens is 2. The SMILES string of the molecule is O=C1NC(=O)C(C2CC2)(C2CC2)c2nc(-c3ccccc3F)c(Cl)cc21. The molecule has 0 unspecified atom stereocenters. The molecule has 1 N–H and O–H groups in total. The molecule has 0 atom stereocenters. The van der Waals surface area contributed by atoms with Crippen molar-refractivity contribution in [2.75, 3.05) is 0 Å². The lowest BCUT2D eigenvalue weighted by Crippen LogP contribution is -2.55. The fourth-order valence-electron chi connectivity index (χ4n) is 4.37. The van der Waals surface area contributed by atoms with E-state index in [1.807, 2.05) is 0 Å². The molecule has 2 amide bonds. The van der Waals surface area contributed by atoms with Gasteiger partial charge in [-0.3, -0.25) is 14.9 Å². The minimum absolute atomic E-state index is 0.184. The summed E-state index contributed by atoms with van der Waals surface area (Å²) in [5.41, 5.74) is 0.608. The zero-order chi connectivity index (χ0) is 18.1. The average Bonchev–Trinajstić information content (AvgIpc) is 3.50. The van der Waals surface area contributed by atoms with Crippen molar-refractivity contribution in [1.82, 2.24) is 10.3 Å². The van der Waals surface area contributed by atoms with Crippen molar-refractivity contribution in [3.8, 4) is 11.3 Å². The monoisotopic (exact) mass is 370 g/mol. The van der Waals surface area contributed by atoms with E-state index in [2.05, 4.69) is 10.3 Å². The Hall–Kier alpha value is -2.27. The number of aromatic nitrogens is 1. The fraction of sp³-hybridized carbons (Fsp3) is 0.350. The van der Waals surface area contributed by atoms with Crippen LogP contribution in [0.25, 0.3) is 11.3 Å². The first-order valence-corrected chi connectivity index (χ1v) is 9.23. The number of carbonyl (C=O) groups is 2. The number of fused-ring (bicyclic) bond motifs is 1. The molecule has 132 valence electrons. The Balaban J connectivity index is 1.79. The van der Waals surface area contributed by atoms with Gasteiger partial charge in [0.1, 0.15) is 5.82 Å². The van der Waals surface area contributed by atoms with E-state index in [-0.39, 0.29) is 34.0 Å². The normalized spacial score (nSPS) is 21.3. The van der Waals surface area contributed by atoms with Gasteiger partial charge in [-0.1, -0.05) is 23.7 Å². The topological polar surface area (TPSA) is 59.1 Å². The number of nitrogens with zero attached hydrogens (tertiary/aromatic N) is 1. The third-order valence-corrected chi connectivity index (χ3v) is 6.07. The Morgan fingerprint density at radius 3 is 2.35 bits per heavy atom. The van der Waals surface area contributed by atoms with Crippen LogP contribution in [0.15, 0.2) is 30.3 Å². The van der Waals surface area contributed by atoms with Gasteiger partial charge in [0.2, 0.25) is 5.91 Å². The molecule has 4 nitrogen and oxygen atoms in total. The summed E-state index contributed by atoms with van der Waals surface area (Å²) >= 11 is 6.36. The molecule has 26 heavy (non-hydrogen) atoms. The molecule has 2 aromatic rings. The lowest BCUT2D eigenvalue weighted by Gasteiger charge is -2.37. The van der Waals surface area contributed by atoms with Gasteiger partial charge in [0.25, 0.3) is 5.91 Å². The number of benzene rings is 1. The van der Waals surface area contributed by atoms with Crippen LogP contribution in [0, 0.1) is 17.7 Å². The zero-order valence-electron chi connectivity index (χ0n) is 13.9. The summed E-state index contributed by atoms with van der Waals surface area (Å²) in [6.07, 6.45) is 3.77. The number of carbonyl (C=O) groups excluding carboxylic acids is 2. The summed E-state index contributed by atoms with van der Waals surface area (Å²) in [5, 5.41) is 2.72. The Bertz CT molecular complexity index is 954. The highest BCUT2D eigenvalue weighted by Crippen LogP contribution is 2.60. The number of hydrogen-bond acceptors (Lipinski definition) is 3. The predicted octanol–water partition coefficient (Wildman–Crippen LogP) is 3.87. The van der Waals surface area contributed by atoms with Crippen molar-refractivity contribution in [3.05, 3.63) is 52.4 Å². The molecule has 1 aromatic heterocycles. The van der Waals surface area contributed by atoms with Crippen molar-refractivity contribution in [2.45, 2.75) is 31.1 Å². The van der Waals surface area contributed by atoms with Gasteiger partial charge >= 0.3 is 0 Å². The molecular formula is C20H16ClFN2O2. The average molecular weight is 371 g/mol. The van der Waals surface area contributed by atoms with Gasteiger partial charge in [-0.2, -0.15) is 0 Å². The molecule has 2 fully saturated rings. The number of pyridine rings is 1. The second kappa shape index (κ2) is 5.36. The zero-order valence-corrected chi connectivity index (χ0v) is 14.6. The van der Waals surface area contributed by atoms with Gasteiger partial charge < -0.3 is 0 Å². The molecule has 0 radical (unpaired) electrons. The van der Waals surface area contributed by atoms with Crippen LogP contribution in [0.4, 0.5) is 4.39 Å². The van der Waals surface area contributed by atoms with Gasteiger partial charge in [0, 0.05) is 5.56 Å². The van der Waals surface area contributed by atoms with Gasteiger partial charge in [0.05, 0.1) is 27.4 Å². The lowest BCUT2D eigenvalue weighted by atomic mass is 9.70. The number of rotatable bonds is 3. The van der Waals surface area contributed by atoms with E-state index in [0.29, 0.717) is 11.3 Å². The van der Waals surface area contributed by atoms with E-state index in [1.54, 1.807) is 18.2 Å². The van der Waals surface area contributed by atoms with Crippen LogP contribution in [0.1, 0.15) is 41.7 Å². The molecule has 0 spiro atoms. The molecule has 2 heterocycles. The highest BCUT2D eigenvalue weighted by atomic mass is 35.5. The Kier molecular flexibility index (Phi) is 3.29. The van der Waals surface area contributed by atoms with E-state index in [4.69, 9.17) is 11.6 Å². The van der Waals surface area contributed by atoms with Gasteiger partial charge in [-0.25, -0.2) is 9.37 Å². The molecular weight excluding hydrogens is 355 g/mol. The third-order valence-electron chi connectivity index (χ3n) is 5.79. The highest BCUT2D eigenvalue weighted by molar-refractivity contribution is 6.33. The van der Waals surface area contributed by atoms with Crippen LogP contribution in [-0.2, 0) is 10.2 Å². The van der Waals surface area contributed by atoms with Gasteiger partial charge in [-0.15, -0.1) is 0 Å². The van der Waals surface area contributed by atoms with Crippen LogP contribution in [0.3, 0.4) is 0 Å². The Morgan fingerprint density at radius 2 is 1.73 bits per heavy atom. The standard InChI is InChI=1S/C20H16ClFN2O2/c21-14-9-13-17(23-16(14)12-3-1-2-4-15(12)22)20(10-5-6-10,11-7-8-11)19(26)24-18(13)25/h1-4,9-11H,5-8H2,(H,24,25,26). The smallest absolute Gasteiger partial charge is 0.259 e. The number of imide groups is 1. The molecule has 0 bridgehead atoms. The van der Waals surface area contributed by atoms with Gasteiger partial charge in [0.15, 0.2) is 0 Å². The molecule has 3 aliphatic rings. The first kappa shape index (κ1) is 15.9. The van der Waals surface area contributed by atoms with Crippen LogP contribution in [-0.4, -0.2) is 16.8 Å². The van der Waals surface area contributed by atoms with Crippen LogP contribution >= 0.6 is 11.6 Å². The Labute approximate surface area is 154 Å². The summed E-state index contributed by atoms with van der Waals surface area (Å²) in [6.45, 7) is 0. The van der Waals surface area contributed by atoms with Crippen molar-refractivity contribution in [3.63, 3.8) is 0 Å². The molecule has 6 heteroatoms. The van der Waals surface area contributed by atoms with Crippen molar-refractivity contribution < 1.29 is 14.0 Å². The van der Waals surface area contributed by atoms with Crippen molar-refractivity contribution in [2.24, 2.45) is 11.8 Å². The molecule has 2 aliphatic carbocycles. The molecule has 0 saturated heterocycles. The summed E-state index contributed by atoms with van der Waals surface area (Å²) in [5.74, 6) is -0.796. The van der Waals surface area contributed by atoms with E-state index >= 15 is 0 Å². The summed E-state index contributed by atoms with van der Waals surface area (Å²) < 4.78 is 14.3. The van der Waals surface area contributed by atoms with Crippen molar-refractivity contribution >= 4 is 23.4 Å². The van der Waals surface area contributed by atoms with E-state index < -0.39 is 17.1 Å². The second-order valence-corrected chi connectivity index (χ2v) is 7.80. The Morgan fingerprint density at radius 1 is 1.08 bits per heavy atom. The van der Waals surface area contributed by atoms with E-state index in [1.165, 1.54) is 12.1 Å². The summed E-state index contributed by atoms with van der Waals surface area (Å²) in [6, 6.07) is 7.80. The minimum Gasteiger partial charge on any atom is -0.291 e. The summed E-state index contributed by atoms with van der Waals surface area (Å²) in [4.78, 5) is 30.1. The highest BCUT2D eigenvalue weighted by Gasteiger charge is 2.63. The van der Waals surface area contributed by atoms with Crippen LogP contribution in [0.5, 0.6) is 0 Å². The quantitative estimate of drug-likeness (QED) is 0.834. The lowest BCUT2D eigenvalue weighted by molar-refractivity contribution is -0.128. The maximum atomic E-state index is 14.3. The first-order valence-electron chi connectivity index (χ1n) is 8.85. The number of hydrogen-bond donors (Lipinski definition) is 1. The maximum absolute atomic E-state index is 14.3. The van der Waals surface area contributed by atoms with E-state index in [0.717, 1.165) is 25.7 Å². The molecule has 1 aliphatic heterocycles. The third kappa shape index (κ3) is 2.10. The predicted molar refractivity (Wildman–Crippen MR) is 94.2 cm³/mol. The molecule has 5 rings (SSSR count).